The Balaban J connectivity index is 2.96. The van der Waals surface area contributed by atoms with Crippen LogP contribution in [0.15, 0.2) is 24.3 Å². The van der Waals surface area contributed by atoms with Gasteiger partial charge < -0.3 is 15.7 Å². The third-order valence-corrected chi connectivity index (χ3v) is 2.52. The van der Waals surface area contributed by atoms with Crippen LogP contribution in [0.1, 0.15) is 18.9 Å². The Morgan fingerprint density at radius 3 is 2.61 bits per heavy atom. The van der Waals surface area contributed by atoms with Gasteiger partial charge in [-0.1, -0.05) is 12.1 Å². The van der Waals surface area contributed by atoms with Crippen molar-refractivity contribution in [3.8, 4) is 0 Å². The van der Waals surface area contributed by atoms with Gasteiger partial charge in [0.15, 0.2) is 0 Å². The largest absolute Gasteiger partial charge is 0.384 e. The topological polar surface area (TPSA) is 83.6 Å². The van der Waals surface area contributed by atoms with Gasteiger partial charge in [0.2, 0.25) is 5.91 Å². The summed E-state index contributed by atoms with van der Waals surface area (Å²) in [4.78, 5) is 24.1. The van der Waals surface area contributed by atoms with Crippen molar-refractivity contribution in [3.05, 3.63) is 29.8 Å². The fourth-order valence-electron chi connectivity index (χ4n) is 1.61. The first-order valence-corrected chi connectivity index (χ1v) is 5.76. The van der Waals surface area contributed by atoms with E-state index in [2.05, 4.69) is 0 Å². The van der Waals surface area contributed by atoms with E-state index in [1.165, 1.54) is 11.8 Å². The number of carbonyl (C=O) groups excluding carboxylic acids is 2. The van der Waals surface area contributed by atoms with Gasteiger partial charge in [-0.05, 0) is 31.5 Å². The summed E-state index contributed by atoms with van der Waals surface area (Å²) in [6.45, 7) is 3.47. The van der Waals surface area contributed by atoms with E-state index in [1.54, 1.807) is 6.07 Å². The Morgan fingerprint density at radius 1 is 1.44 bits per heavy atom. The van der Waals surface area contributed by atoms with Gasteiger partial charge in [-0.15, -0.1) is 0 Å². The average Bonchev–Trinajstić information content (AvgIpc) is 2.28. The molecule has 0 spiro atoms. The molecule has 1 aromatic carbocycles. The fraction of sp³-hybridized carbons (Fsp3) is 0.385. The minimum absolute atomic E-state index is 0.0619. The fourth-order valence-corrected chi connectivity index (χ4v) is 1.61. The summed E-state index contributed by atoms with van der Waals surface area (Å²) < 4.78 is 0. The van der Waals surface area contributed by atoms with Gasteiger partial charge in [-0.3, -0.25) is 9.59 Å². The number of carbonyl (C=O) groups is 2. The predicted octanol–water partition coefficient (Wildman–Crippen LogP) is 0.584. The van der Waals surface area contributed by atoms with Crippen LogP contribution in [0.25, 0.3) is 0 Å². The van der Waals surface area contributed by atoms with Crippen LogP contribution in [-0.2, 0) is 9.59 Å². The highest BCUT2D eigenvalue weighted by molar-refractivity contribution is 5.96. The maximum atomic E-state index is 11.9. The first-order chi connectivity index (χ1) is 8.41. The van der Waals surface area contributed by atoms with Crippen molar-refractivity contribution < 1.29 is 14.7 Å². The molecular formula is C13H18N2O3. The third kappa shape index (κ3) is 3.85. The molecule has 98 valence electrons. The summed E-state index contributed by atoms with van der Waals surface area (Å²) in [7, 11) is 0. The SMILES string of the molecule is Cc1cccc(N(CCC(N)=O)C(=O)C(C)O)c1. The van der Waals surface area contributed by atoms with Gasteiger partial charge >= 0.3 is 0 Å². The third-order valence-electron chi connectivity index (χ3n) is 2.52. The number of aliphatic hydroxyl groups is 1. The van der Waals surface area contributed by atoms with Crippen molar-refractivity contribution in [1.29, 1.82) is 0 Å². The molecule has 3 N–H and O–H groups in total. The number of hydrogen-bond donors (Lipinski definition) is 2. The molecule has 2 amide bonds. The number of amides is 2. The first-order valence-electron chi connectivity index (χ1n) is 5.76. The zero-order valence-corrected chi connectivity index (χ0v) is 10.6. The smallest absolute Gasteiger partial charge is 0.255 e. The van der Waals surface area contributed by atoms with Crippen LogP contribution in [0.2, 0.25) is 0 Å². The molecule has 1 aromatic rings. The van der Waals surface area contributed by atoms with E-state index in [9.17, 15) is 14.7 Å². The van der Waals surface area contributed by atoms with Gasteiger partial charge in [0.1, 0.15) is 6.10 Å². The van der Waals surface area contributed by atoms with E-state index in [-0.39, 0.29) is 13.0 Å². The number of rotatable bonds is 5. The van der Waals surface area contributed by atoms with Crippen LogP contribution in [-0.4, -0.2) is 29.6 Å². The van der Waals surface area contributed by atoms with Crippen molar-refractivity contribution in [2.45, 2.75) is 26.4 Å². The van der Waals surface area contributed by atoms with Gasteiger partial charge in [-0.2, -0.15) is 0 Å². The zero-order valence-electron chi connectivity index (χ0n) is 10.6. The predicted molar refractivity (Wildman–Crippen MR) is 69.0 cm³/mol. The lowest BCUT2D eigenvalue weighted by atomic mass is 10.2. The Bertz CT molecular complexity index is 444. The van der Waals surface area contributed by atoms with Crippen molar-refractivity contribution in [3.63, 3.8) is 0 Å². The second-order valence-electron chi connectivity index (χ2n) is 4.22. The number of aryl methyl sites for hydroxylation is 1. The highest BCUT2D eigenvalue weighted by Crippen LogP contribution is 2.17. The van der Waals surface area contributed by atoms with Crippen LogP contribution in [0.3, 0.4) is 0 Å². The standard InChI is InChI=1S/C13H18N2O3/c1-9-4-3-5-11(8-9)15(7-6-12(14)17)13(18)10(2)16/h3-5,8,10,16H,6-7H2,1-2H3,(H2,14,17). The monoisotopic (exact) mass is 250 g/mol. The van der Waals surface area contributed by atoms with Crippen LogP contribution < -0.4 is 10.6 Å². The van der Waals surface area contributed by atoms with Crippen LogP contribution >= 0.6 is 0 Å². The van der Waals surface area contributed by atoms with E-state index in [0.29, 0.717) is 5.69 Å². The minimum Gasteiger partial charge on any atom is -0.384 e. The Kier molecular flexibility index (Phi) is 4.85. The van der Waals surface area contributed by atoms with E-state index in [1.807, 2.05) is 25.1 Å². The van der Waals surface area contributed by atoms with Gasteiger partial charge in [0, 0.05) is 18.7 Å². The molecular weight excluding hydrogens is 232 g/mol. The summed E-state index contributed by atoms with van der Waals surface area (Å²) in [6, 6.07) is 7.30. The van der Waals surface area contributed by atoms with Crippen molar-refractivity contribution >= 4 is 17.5 Å². The van der Waals surface area contributed by atoms with Gasteiger partial charge in [-0.25, -0.2) is 0 Å². The summed E-state index contributed by atoms with van der Waals surface area (Å²) in [5.41, 5.74) is 6.74. The number of benzene rings is 1. The number of aliphatic hydroxyl groups excluding tert-OH is 1. The average molecular weight is 250 g/mol. The second-order valence-corrected chi connectivity index (χ2v) is 4.22. The lowest BCUT2D eigenvalue weighted by Crippen LogP contribution is -2.39. The maximum Gasteiger partial charge on any atom is 0.255 e. The van der Waals surface area contributed by atoms with Gasteiger partial charge in [0.25, 0.3) is 5.91 Å². The number of nitrogens with two attached hydrogens (primary N) is 1. The van der Waals surface area contributed by atoms with Crippen LogP contribution in [0, 0.1) is 6.92 Å². The maximum absolute atomic E-state index is 11.9. The number of primary amides is 1. The van der Waals surface area contributed by atoms with Crippen molar-refractivity contribution in [2.24, 2.45) is 5.73 Å². The van der Waals surface area contributed by atoms with E-state index < -0.39 is 17.9 Å². The molecule has 5 heteroatoms. The zero-order chi connectivity index (χ0) is 13.7. The number of hydrogen-bond acceptors (Lipinski definition) is 3. The summed E-state index contributed by atoms with van der Waals surface area (Å²) in [5, 5.41) is 9.38. The molecule has 1 rings (SSSR count). The highest BCUT2D eigenvalue weighted by atomic mass is 16.3. The Morgan fingerprint density at radius 2 is 2.11 bits per heavy atom. The molecule has 18 heavy (non-hydrogen) atoms. The normalized spacial score (nSPS) is 11.9. The van der Waals surface area contributed by atoms with Crippen LogP contribution in [0.5, 0.6) is 0 Å². The molecule has 0 heterocycles. The lowest BCUT2D eigenvalue weighted by Gasteiger charge is -2.24. The second kappa shape index (κ2) is 6.16. The number of nitrogens with zero attached hydrogens (tertiary/aromatic N) is 1. The van der Waals surface area contributed by atoms with E-state index in [0.717, 1.165) is 5.56 Å². The van der Waals surface area contributed by atoms with Crippen LogP contribution in [0.4, 0.5) is 5.69 Å². The van der Waals surface area contributed by atoms with Gasteiger partial charge in [0.05, 0.1) is 0 Å². The highest BCUT2D eigenvalue weighted by Gasteiger charge is 2.20. The first kappa shape index (κ1) is 14.2. The molecule has 0 saturated carbocycles. The summed E-state index contributed by atoms with van der Waals surface area (Å²) in [5.74, 6) is -0.923. The van der Waals surface area contributed by atoms with Crippen molar-refractivity contribution in [1.82, 2.24) is 0 Å². The van der Waals surface area contributed by atoms with E-state index >= 15 is 0 Å². The van der Waals surface area contributed by atoms with E-state index in [4.69, 9.17) is 5.73 Å². The molecule has 1 unspecified atom stereocenters. The molecule has 0 aromatic heterocycles. The van der Waals surface area contributed by atoms with Crippen molar-refractivity contribution in [2.75, 3.05) is 11.4 Å². The molecule has 0 saturated heterocycles. The molecule has 0 aliphatic heterocycles. The quantitative estimate of drug-likeness (QED) is 0.802. The summed E-state index contributed by atoms with van der Waals surface area (Å²) >= 11 is 0. The lowest BCUT2D eigenvalue weighted by molar-refractivity contribution is -0.125. The number of anilines is 1. The Labute approximate surface area is 106 Å². The molecule has 0 fully saturated rings. The Hall–Kier alpha value is -1.88. The minimum atomic E-state index is -1.11. The molecule has 5 nitrogen and oxygen atoms in total. The summed E-state index contributed by atoms with van der Waals surface area (Å²) in [6.07, 6.45) is -1.05. The molecule has 0 aliphatic carbocycles. The molecule has 0 radical (unpaired) electrons. The molecule has 0 bridgehead atoms. The molecule has 1 atom stereocenters. The molecule has 0 aliphatic rings.